The summed E-state index contributed by atoms with van der Waals surface area (Å²) in [5, 5.41) is 0. The van der Waals surface area contributed by atoms with Gasteiger partial charge in [0.15, 0.2) is 0 Å². The first-order chi connectivity index (χ1) is 7.67. The third kappa shape index (κ3) is 6.30. The fourth-order valence-corrected chi connectivity index (χ4v) is 1.44. The second-order valence-electron chi connectivity index (χ2n) is 3.72. The van der Waals surface area contributed by atoms with E-state index in [-0.39, 0.29) is 11.8 Å². The van der Waals surface area contributed by atoms with Gasteiger partial charge in [0.25, 0.3) is 0 Å². The van der Waals surface area contributed by atoms with E-state index in [0.29, 0.717) is 32.2 Å². The average Bonchev–Trinajstić information content (AvgIpc) is 2.31. The van der Waals surface area contributed by atoms with Crippen molar-refractivity contribution >= 4 is 17.5 Å². The first kappa shape index (κ1) is 15.7. The van der Waals surface area contributed by atoms with Crippen LogP contribution in [0.25, 0.3) is 0 Å². The molecule has 1 atom stereocenters. The van der Waals surface area contributed by atoms with Crippen LogP contribution in [0, 0.1) is 5.92 Å². The molecule has 4 nitrogen and oxygen atoms in total. The average molecular weight is 252 g/mol. The third-order valence-electron chi connectivity index (χ3n) is 2.31. The van der Waals surface area contributed by atoms with Crippen molar-refractivity contribution in [2.45, 2.75) is 13.3 Å². The zero-order chi connectivity index (χ0) is 12.4. The Morgan fingerprint density at radius 1 is 1.25 bits per heavy atom. The van der Waals surface area contributed by atoms with Gasteiger partial charge in [-0.2, -0.15) is 0 Å². The maximum Gasteiger partial charge on any atom is 0.226 e. The standard InChI is InChI=1S/C11H22ClNO3/c1-10(9-12)11(14)13(6-8-16-3)5-4-7-15-2/h10H,4-9H2,1-3H3. The molecule has 0 heterocycles. The van der Waals surface area contributed by atoms with E-state index in [1.807, 2.05) is 6.92 Å². The van der Waals surface area contributed by atoms with Gasteiger partial charge in [0.1, 0.15) is 0 Å². The van der Waals surface area contributed by atoms with Crippen molar-refractivity contribution in [3.8, 4) is 0 Å². The normalized spacial score (nSPS) is 12.5. The molecule has 5 heteroatoms. The Labute approximate surface area is 103 Å². The second kappa shape index (κ2) is 9.87. The summed E-state index contributed by atoms with van der Waals surface area (Å²) in [4.78, 5) is 13.7. The Hall–Kier alpha value is -0.320. The van der Waals surface area contributed by atoms with Crippen LogP contribution in [-0.4, -0.2) is 57.2 Å². The van der Waals surface area contributed by atoms with Gasteiger partial charge >= 0.3 is 0 Å². The molecule has 16 heavy (non-hydrogen) atoms. The summed E-state index contributed by atoms with van der Waals surface area (Å²) in [5.74, 6) is 0.302. The zero-order valence-electron chi connectivity index (χ0n) is 10.4. The highest BCUT2D eigenvalue weighted by Crippen LogP contribution is 2.05. The highest BCUT2D eigenvalue weighted by Gasteiger charge is 2.18. The first-order valence-electron chi connectivity index (χ1n) is 5.50. The maximum atomic E-state index is 11.9. The quantitative estimate of drug-likeness (QED) is 0.459. The zero-order valence-corrected chi connectivity index (χ0v) is 11.1. The summed E-state index contributed by atoms with van der Waals surface area (Å²) in [7, 11) is 3.28. The van der Waals surface area contributed by atoms with E-state index < -0.39 is 0 Å². The molecule has 0 aliphatic heterocycles. The van der Waals surface area contributed by atoms with Crippen LogP contribution < -0.4 is 0 Å². The molecule has 0 spiro atoms. The number of nitrogens with zero attached hydrogens (tertiary/aromatic N) is 1. The topological polar surface area (TPSA) is 38.8 Å². The van der Waals surface area contributed by atoms with Crippen molar-refractivity contribution in [3.63, 3.8) is 0 Å². The van der Waals surface area contributed by atoms with E-state index in [1.54, 1.807) is 19.1 Å². The third-order valence-corrected chi connectivity index (χ3v) is 2.77. The number of hydrogen-bond acceptors (Lipinski definition) is 3. The number of halogens is 1. The largest absolute Gasteiger partial charge is 0.385 e. The van der Waals surface area contributed by atoms with Crippen molar-refractivity contribution in [1.82, 2.24) is 4.90 Å². The van der Waals surface area contributed by atoms with E-state index in [2.05, 4.69) is 0 Å². The lowest BCUT2D eigenvalue weighted by Crippen LogP contribution is -2.39. The van der Waals surface area contributed by atoms with Crippen LogP contribution in [0.1, 0.15) is 13.3 Å². The first-order valence-corrected chi connectivity index (χ1v) is 6.03. The molecule has 0 aromatic heterocycles. The van der Waals surface area contributed by atoms with Crippen LogP contribution in [-0.2, 0) is 14.3 Å². The predicted molar refractivity (Wildman–Crippen MR) is 64.8 cm³/mol. The van der Waals surface area contributed by atoms with Gasteiger partial charge in [0.05, 0.1) is 6.61 Å². The van der Waals surface area contributed by atoms with Gasteiger partial charge in [-0.25, -0.2) is 0 Å². The van der Waals surface area contributed by atoms with Gasteiger partial charge in [-0.05, 0) is 6.42 Å². The van der Waals surface area contributed by atoms with Crippen molar-refractivity contribution in [2.24, 2.45) is 5.92 Å². The van der Waals surface area contributed by atoms with Crippen molar-refractivity contribution in [3.05, 3.63) is 0 Å². The number of hydrogen-bond donors (Lipinski definition) is 0. The van der Waals surface area contributed by atoms with Crippen LogP contribution in [0.4, 0.5) is 0 Å². The Morgan fingerprint density at radius 3 is 2.38 bits per heavy atom. The van der Waals surface area contributed by atoms with Crippen LogP contribution in [0.5, 0.6) is 0 Å². The van der Waals surface area contributed by atoms with Crippen LogP contribution >= 0.6 is 11.6 Å². The number of rotatable bonds is 9. The summed E-state index contributed by atoms with van der Waals surface area (Å²) < 4.78 is 9.95. The van der Waals surface area contributed by atoms with E-state index in [9.17, 15) is 4.79 Å². The Bertz CT molecular complexity index is 190. The minimum Gasteiger partial charge on any atom is -0.385 e. The van der Waals surface area contributed by atoms with E-state index >= 15 is 0 Å². The maximum absolute atomic E-state index is 11.9. The summed E-state index contributed by atoms with van der Waals surface area (Å²) >= 11 is 5.68. The minimum absolute atomic E-state index is 0.0863. The molecule has 0 saturated carbocycles. The fourth-order valence-electron chi connectivity index (χ4n) is 1.31. The van der Waals surface area contributed by atoms with Gasteiger partial charge < -0.3 is 14.4 Å². The summed E-state index contributed by atoms with van der Waals surface area (Å²) in [5.41, 5.74) is 0. The van der Waals surface area contributed by atoms with Crippen LogP contribution in [0.15, 0.2) is 0 Å². The molecule has 0 aliphatic rings. The van der Waals surface area contributed by atoms with E-state index in [1.165, 1.54) is 0 Å². The second-order valence-corrected chi connectivity index (χ2v) is 4.03. The number of ether oxygens (including phenoxy) is 2. The number of carbonyl (C=O) groups excluding carboxylic acids is 1. The van der Waals surface area contributed by atoms with Crippen LogP contribution in [0.3, 0.4) is 0 Å². The smallest absolute Gasteiger partial charge is 0.226 e. The number of amides is 1. The molecule has 0 rings (SSSR count). The minimum atomic E-state index is -0.138. The van der Waals surface area contributed by atoms with E-state index in [0.717, 1.165) is 6.42 Å². The highest BCUT2D eigenvalue weighted by molar-refractivity contribution is 6.19. The molecule has 0 bridgehead atoms. The molecule has 0 aliphatic carbocycles. The van der Waals surface area contributed by atoms with Gasteiger partial charge in [-0.15, -0.1) is 11.6 Å². The Balaban J connectivity index is 4.12. The van der Waals surface area contributed by atoms with Crippen LogP contribution in [0.2, 0.25) is 0 Å². The molecule has 1 amide bonds. The molecule has 0 aromatic carbocycles. The summed E-state index contributed by atoms with van der Waals surface area (Å²) in [6.07, 6.45) is 0.834. The lowest BCUT2D eigenvalue weighted by Gasteiger charge is -2.24. The molecule has 0 N–H and O–H groups in total. The molecule has 0 aromatic rings. The number of alkyl halides is 1. The lowest BCUT2D eigenvalue weighted by atomic mass is 10.2. The van der Waals surface area contributed by atoms with Gasteiger partial charge in [0, 0.05) is 45.7 Å². The Kier molecular flexibility index (Phi) is 9.68. The predicted octanol–water partition coefficient (Wildman–Crippen LogP) is 1.37. The van der Waals surface area contributed by atoms with Gasteiger partial charge in [-0.3, -0.25) is 4.79 Å². The monoisotopic (exact) mass is 251 g/mol. The Morgan fingerprint density at radius 2 is 1.88 bits per heavy atom. The van der Waals surface area contributed by atoms with Gasteiger partial charge in [0.2, 0.25) is 5.91 Å². The molecule has 0 fully saturated rings. The molecular formula is C11H22ClNO3. The lowest BCUT2D eigenvalue weighted by molar-refractivity contribution is -0.135. The van der Waals surface area contributed by atoms with Gasteiger partial charge in [-0.1, -0.05) is 6.92 Å². The van der Waals surface area contributed by atoms with E-state index in [4.69, 9.17) is 21.1 Å². The number of methoxy groups -OCH3 is 2. The van der Waals surface area contributed by atoms with Crippen molar-refractivity contribution < 1.29 is 14.3 Å². The number of carbonyl (C=O) groups is 1. The fraction of sp³-hybridized carbons (Fsp3) is 0.909. The molecule has 1 unspecified atom stereocenters. The highest BCUT2D eigenvalue weighted by atomic mass is 35.5. The summed E-state index contributed by atoms with van der Waals surface area (Å²) in [6, 6.07) is 0. The SMILES string of the molecule is COCCCN(CCOC)C(=O)C(C)CCl. The van der Waals surface area contributed by atoms with Crippen molar-refractivity contribution in [1.29, 1.82) is 0 Å². The molecule has 0 saturated heterocycles. The van der Waals surface area contributed by atoms with Crippen molar-refractivity contribution in [2.75, 3.05) is 46.4 Å². The molecule has 96 valence electrons. The molecular weight excluding hydrogens is 230 g/mol. The summed E-state index contributed by atoms with van der Waals surface area (Å²) in [6.45, 7) is 4.35. The molecule has 0 radical (unpaired) electrons.